The number of carbonyl (C=O) groups is 1. The van der Waals surface area contributed by atoms with Crippen LogP contribution in [0.4, 0.5) is 10.5 Å². The lowest BCUT2D eigenvalue weighted by Gasteiger charge is -2.34. The van der Waals surface area contributed by atoms with Crippen molar-refractivity contribution in [2.24, 2.45) is 23.2 Å². The van der Waals surface area contributed by atoms with Gasteiger partial charge in [-0.05, 0) is 74.0 Å². The normalized spacial score (nSPS) is 31.4. The van der Waals surface area contributed by atoms with Crippen LogP contribution in [-0.2, 0) is 0 Å². The van der Waals surface area contributed by atoms with Crippen LogP contribution in [0.5, 0.6) is 0 Å². The monoisotopic (exact) mass is 365 g/mol. The summed E-state index contributed by atoms with van der Waals surface area (Å²) in [5, 5.41) is 3.10. The molecule has 5 nitrogen and oxygen atoms in total. The van der Waals surface area contributed by atoms with Crippen molar-refractivity contribution in [1.29, 1.82) is 0 Å². The van der Waals surface area contributed by atoms with E-state index in [2.05, 4.69) is 17.2 Å². The van der Waals surface area contributed by atoms with Crippen molar-refractivity contribution >= 4 is 11.7 Å². The van der Waals surface area contributed by atoms with Crippen molar-refractivity contribution in [1.82, 2.24) is 9.88 Å². The van der Waals surface area contributed by atoms with Gasteiger partial charge in [-0.15, -0.1) is 0 Å². The SMILES string of the molecule is Cc1coc(-c2cc(NC(=O)N3CC4[C@@H]5CC[C@@H](C5)C4(C)C3)ccc2C)n1. The average molecular weight is 365 g/mol. The third-order valence-corrected chi connectivity index (χ3v) is 7.40. The number of likely N-dealkylation sites (tertiary alicyclic amines) is 1. The van der Waals surface area contributed by atoms with Gasteiger partial charge in [0.1, 0.15) is 6.26 Å². The molecule has 4 atom stereocenters. The fourth-order valence-electron chi connectivity index (χ4n) is 5.90. The van der Waals surface area contributed by atoms with Crippen LogP contribution >= 0.6 is 0 Å². The smallest absolute Gasteiger partial charge is 0.321 e. The summed E-state index contributed by atoms with van der Waals surface area (Å²) < 4.78 is 5.55. The molecule has 2 saturated carbocycles. The number of aryl methyl sites for hydroxylation is 2. The molecule has 27 heavy (non-hydrogen) atoms. The van der Waals surface area contributed by atoms with E-state index in [-0.39, 0.29) is 6.03 Å². The molecule has 2 aromatic rings. The summed E-state index contributed by atoms with van der Waals surface area (Å²) in [5.41, 5.74) is 3.97. The molecule has 0 radical (unpaired) electrons. The van der Waals surface area contributed by atoms with Crippen LogP contribution < -0.4 is 5.32 Å². The average Bonchev–Trinajstić information content (AvgIpc) is 3.37. The van der Waals surface area contributed by atoms with Gasteiger partial charge in [-0.2, -0.15) is 0 Å². The molecule has 0 spiro atoms. The molecule has 142 valence electrons. The van der Waals surface area contributed by atoms with E-state index >= 15 is 0 Å². The number of nitrogens with one attached hydrogen (secondary N) is 1. The molecule has 3 fully saturated rings. The van der Waals surface area contributed by atoms with Gasteiger partial charge >= 0.3 is 6.03 Å². The standard InChI is InChI=1S/C22H27N3O2/c1-13-4-7-17(9-18(13)20-23-14(2)11-27-20)24-21(26)25-10-19-15-5-6-16(8-15)22(19,3)12-25/h4,7,9,11,15-16,19H,5-6,8,10,12H2,1-3H3,(H,24,26)/t15-,16+,19?,22?/m1/s1. The minimum absolute atomic E-state index is 0.0170. The van der Waals surface area contributed by atoms with Crippen molar-refractivity contribution in [3.05, 3.63) is 35.7 Å². The lowest BCUT2D eigenvalue weighted by atomic mass is 9.70. The van der Waals surface area contributed by atoms with Gasteiger partial charge in [0.2, 0.25) is 5.89 Å². The molecule has 5 heteroatoms. The second kappa shape index (κ2) is 5.85. The summed E-state index contributed by atoms with van der Waals surface area (Å²) >= 11 is 0. The Balaban J connectivity index is 1.33. The highest BCUT2D eigenvalue weighted by Gasteiger charge is 2.59. The number of benzene rings is 1. The molecule has 2 amide bonds. The van der Waals surface area contributed by atoms with Crippen molar-refractivity contribution in [3.63, 3.8) is 0 Å². The molecule has 1 saturated heterocycles. The van der Waals surface area contributed by atoms with Crippen LogP contribution in [0, 0.1) is 37.0 Å². The number of fused-ring (bicyclic) bond motifs is 5. The van der Waals surface area contributed by atoms with Crippen LogP contribution in [0.3, 0.4) is 0 Å². The van der Waals surface area contributed by atoms with Crippen LogP contribution in [0.1, 0.15) is 37.4 Å². The van der Waals surface area contributed by atoms with Gasteiger partial charge < -0.3 is 14.6 Å². The largest absolute Gasteiger partial charge is 0.444 e. The van der Waals surface area contributed by atoms with E-state index in [1.54, 1.807) is 6.26 Å². The van der Waals surface area contributed by atoms with Crippen molar-refractivity contribution in [2.45, 2.75) is 40.0 Å². The quantitative estimate of drug-likeness (QED) is 0.827. The van der Waals surface area contributed by atoms with Gasteiger partial charge in [-0.1, -0.05) is 13.0 Å². The Hall–Kier alpha value is -2.30. The first-order valence-corrected chi connectivity index (χ1v) is 10.0. The number of anilines is 1. The highest BCUT2D eigenvalue weighted by atomic mass is 16.3. The first-order chi connectivity index (χ1) is 12.9. The molecule has 2 heterocycles. The number of nitrogens with zero attached hydrogens (tertiary/aromatic N) is 2. The van der Waals surface area contributed by atoms with Gasteiger partial charge in [0.15, 0.2) is 0 Å². The third kappa shape index (κ3) is 2.59. The second-order valence-corrected chi connectivity index (χ2v) is 9.02. The lowest BCUT2D eigenvalue weighted by Crippen LogP contribution is -2.36. The number of oxazole rings is 1. The van der Waals surface area contributed by atoms with E-state index in [0.29, 0.717) is 17.2 Å². The Kier molecular flexibility index (Phi) is 3.65. The highest BCUT2D eigenvalue weighted by molar-refractivity contribution is 5.90. The molecule has 2 bridgehead atoms. The number of hydrogen-bond donors (Lipinski definition) is 1. The van der Waals surface area contributed by atoms with E-state index < -0.39 is 0 Å². The Labute approximate surface area is 160 Å². The zero-order chi connectivity index (χ0) is 18.8. The summed E-state index contributed by atoms with van der Waals surface area (Å²) in [7, 11) is 0. The van der Waals surface area contributed by atoms with Crippen LogP contribution in [0.2, 0.25) is 0 Å². The van der Waals surface area contributed by atoms with E-state index in [4.69, 9.17) is 4.42 Å². The van der Waals surface area contributed by atoms with Crippen LogP contribution in [-0.4, -0.2) is 29.0 Å². The summed E-state index contributed by atoms with van der Waals surface area (Å²) in [4.78, 5) is 19.4. The van der Waals surface area contributed by atoms with Gasteiger partial charge in [0.05, 0.1) is 5.69 Å². The van der Waals surface area contributed by atoms with Gasteiger partial charge in [-0.25, -0.2) is 9.78 Å². The summed E-state index contributed by atoms with van der Waals surface area (Å²) in [5.74, 6) is 2.92. The summed E-state index contributed by atoms with van der Waals surface area (Å²) in [6, 6.07) is 5.93. The van der Waals surface area contributed by atoms with E-state index in [1.807, 2.05) is 36.9 Å². The predicted octanol–water partition coefficient (Wildman–Crippen LogP) is 4.86. The third-order valence-electron chi connectivity index (χ3n) is 7.40. The Morgan fingerprint density at radius 1 is 1.33 bits per heavy atom. The van der Waals surface area contributed by atoms with Gasteiger partial charge in [-0.3, -0.25) is 0 Å². The number of aromatic nitrogens is 1. The van der Waals surface area contributed by atoms with Crippen molar-refractivity contribution < 1.29 is 9.21 Å². The first kappa shape index (κ1) is 16.8. The maximum absolute atomic E-state index is 12.9. The summed E-state index contributed by atoms with van der Waals surface area (Å²) in [6.45, 7) is 8.14. The zero-order valence-electron chi connectivity index (χ0n) is 16.3. The highest BCUT2D eigenvalue weighted by Crippen LogP contribution is 2.62. The molecule has 1 aromatic heterocycles. The number of rotatable bonds is 2. The molecule has 1 N–H and O–H groups in total. The Bertz CT molecular complexity index is 905. The Morgan fingerprint density at radius 3 is 2.93 bits per heavy atom. The predicted molar refractivity (Wildman–Crippen MR) is 104 cm³/mol. The van der Waals surface area contributed by atoms with Crippen LogP contribution in [0.15, 0.2) is 28.9 Å². The molecule has 1 aliphatic heterocycles. The number of urea groups is 1. The molecular weight excluding hydrogens is 338 g/mol. The summed E-state index contributed by atoms with van der Waals surface area (Å²) in [6.07, 6.45) is 5.74. The maximum atomic E-state index is 12.9. The van der Waals surface area contributed by atoms with Crippen LogP contribution in [0.25, 0.3) is 11.5 Å². The fourth-order valence-corrected chi connectivity index (χ4v) is 5.90. The minimum atomic E-state index is 0.0170. The Morgan fingerprint density at radius 2 is 2.19 bits per heavy atom. The van der Waals surface area contributed by atoms with Crippen molar-refractivity contribution in [3.8, 4) is 11.5 Å². The molecule has 2 unspecified atom stereocenters. The fraction of sp³-hybridized carbons (Fsp3) is 0.545. The number of amides is 2. The van der Waals surface area contributed by atoms with E-state index in [0.717, 1.165) is 47.4 Å². The van der Waals surface area contributed by atoms with Crippen molar-refractivity contribution in [2.75, 3.05) is 18.4 Å². The molecule has 3 aliphatic rings. The van der Waals surface area contributed by atoms with E-state index in [1.165, 1.54) is 19.3 Å². The minimum Gasteiger partial charge on any atom is -0.444 e. The molecule has 2 aliphatic carbocycles. The molecule has 1 aromatic carbocycles. The first-order valence-electron chi connectivity index (χ1n) is 10.0. The molecular formula is C22H27N3O2. The second-order valence-electron chi connectivity index (χ2n) is 9.02. The number of carbonyl (C=O) groups excluding carboxylic acids is 1. The number of hydrogen-bond acceptors (Lipinski definition) is 3. The topological polar surface area (TPSA) is 58.4 Å². The zero-order valence-corrected chi connectivity index (χ0v) is 16.3. The lowest BCUT2D eigenvalue weighted by molar-refractivity contribution is 0.152. The molecule has 5 rings (SSSR count). The maximum Gasteiger partial charge on any atom is 0.321 e. The van der Waals surface area contributed by atoms with Gasteiger partial charge in [0, 0.05) is 24.3 Å². The van der Waals surface area contributed by atoms with E-state index in [9.17, 15) is 4.79 Å². The van der Waals surface area contributed by atoms with Gasteiger partial charge in [0.25, 0.3) is 0 Å².